The van der Waals surface area contributed by atoms with Gasteiger partial charge in [-0.2, -0.15) is 0 Å². The van der Waals surface area contributed by atoms with Gasteiger partial charge in [0.25, 0.3) is 0 Å². The largest absolute Gasteiger partial charge is 0.312 e. The average molecular weight is 297 g/mol. The van der Waals surface area contributed by atoms with Crippen molar-refractivity contribution in [3.05, 3.63) is 0 Å². The van der Waals surface area contributed by atoms with E-state index in [2.05, 4.69) is 52.0 Å². The molecule has 126 valence electrons. The molecular formula is C19H40N2. The molecule has 1 N–H and O–H groups in total. The average Bonchev–Trinajstić information content (AvgIpc) is 2.42. The molecule has 0 bridgehead atoms. The van der Waals surface area contributed by atoms with E-state index in [1.807, 2.05) is 0 Å². The van der Waals surface area contributed by atoms with Crippen LogP contribution in [-0.4, -0.2) is 37.6 Å². The molecule has 2 heteroatoms. The Morgan fingerprint density at radius 3 is 2.29 bits per heavy atom. The summed E-state index contributed by atoms with van der Waals surface area (Å²) in [6, 6.07) is 1.45. The Morgan fingerprint density at radius 2 is 1.76 bits per heavy atom. The Kier molecular flexibility index (Phi) is 8.89. The van der Waals surface area contributed by atoms with Crippen LogP contribution in [0.3, 0.4) is 0 Å². The lowest BCUT2D eigenvalue weighted by Crippen LogP contribution is -2.47. The van der Waals surface area contributed by atoms with Gasteiger partial charge in [-0.1, -0.05) is 53.4 Å². The van der Waals surface area contributed by atoms with Gasteiger partial charge in [-0.25, -0.2) is 0 Å². The van der Waals surface area contributed by atoms with E-state index in [0.29, 0.717) is 6.04 Å². The maximum absolute atomic E-state index is 3.91. The highest BCUT2D eigenvalue weighted by Crippen LogP contribution is 2.29. The molecule has 0 aromatic rings. The Bertz CT molecular complexity index is 258. The standard InChI is InChI=1S/C19H40N2/c1-7-17(8-2)19(21(5)6)14-20-18-11-9-10-16(13-18)12-15(3)4/h15-20H,7-14H2,1-6H3. The molecule has 21 heavy (non-hydrogen) atoms. The first kappa shape index (κ1) is 19.0. The topological polar surface area (TPSA) is 15.3 Å². The highest BCUT2D eigenvalue weighted by molar-refractivity contribution is 4.83. The fourth-order valence-corrected chi connectivity index (χ4v) is 4.25. The van der Waals surface area contributed by atoms with Crippen molar-refractivity contribution < 1.29 is 0 Å². The Hall–Kier alpha value is -0.0800. The second-order valence-electron chi connectivity index (χ2n) is 7.87. The summed E-state index contributed by atoms with van der Waals surface area (Å²) in [5.74, 6) is 2.64. The number of nitrogens with one attached hydrogen (secondary N) is 1. The minimum Gasteiger partial charge on any atom is -0.312 e. The normalized spacial score (nSPS) is 25.0. The molecule has 1 aliphatic carbocycles. The smallest absolute Gasteiger partial charge is 0.0242 e. The molecule has 1 saturated carbocycles. The van der Waals surface area contributed by atoms with Crippen molar-refractivity contribution in [2.45, 2.75) is 84.7 Å². The van der Waals surface area contributed by atoms with Crippen LogP contribution in [0.25, 0.3) is 0 Å². The van der Waals surface area contributed by atoms with Gasteiger partial charge in [0.2, 0.25) is 0 Å². The first-order chi connectivity index (χ1) is 9.97. The lowest BCUT2D eigenvalue weighted by Gasteiger charge is -2.36. The summed E-state index contributed by atoms with van der Waals surface area (Å²) in [7, 11) is 4.49. The van der Waals surface area contributed by atoms with Gasteiger partial charge in [0.1, 0.15) is 0 Å². The second kappa shape index (κ2) is 9.84. The van der Waals surface area contributed by atoms with Crippen LogP contribution in [-0.2, 0) is 0 Å². The van der Waals surface area contributed by atoms with Crippen LogP contribution >= 0.6 is 0 Å². The van der Waals surface area contributed by atoms with Crippen molar-refractivity contribution >= 4 is 0 Å². The van der Waals surface area contributed by atoms with Crippen molar-refractivity contribution in [3.8, 4) is 0 Å². The lowest BCUT2D eigenvalue weighted by molar-refractivity contribution is 0.176. The van der Waals surface area contributed by atoms with Gasteiger partial charge in [-0.3, -0.25) is 0 Å². The van der Waals surface area contributed by atoms with E-state index < -0.39 is 0 Å². The molecule has 0 aromatic carbocycles. The molecule has 0 amide bonds. The predicted molar refractivity (Wildman–Crippen MR) is 94.8 cm³/mol. The molecule has 1 aliphatic rings. The summed E-state index contributed by atoms with van der Waals surface area (Å²) in [6.45, 7) is 10.6. The Balaban J connectivity index is 2.44. The molecular weight excluding hydrogens is 256 g/mol. The number of likely N-dealkylation sites (N-methyl/N-ethyl adjacent to an activating group) is 1. The van der Waals surface area contributed by atoms with E-state index in [4.69, 9.17) is 0 Å². The quantitative estimate of drug-likeness (QED) is 0.671. The molecule has 0 aromatic heterocycles. The van der Waals surface area contributed by atoms with E-state index in [1.165, 1.54) is 51.5 Å². The van der Waals surface area contributed by atoms with E-state index in [9.17, 15) is 0 Å². The van der Waals surface area contributed by atoms with Crippen LogP contribution < -0.4 is 5.32 Å². The first-order valence-corrected chi connectivity index (χ1v) is 9.37. The highest BCUT2D eigenvalue weighted by Gasteiger charge is 2.25. The Morgan fingerprint density at radius 1 is 1.10 bits per heavy atom. The van der Waals surface area contributed by atoms with E-state index in [-0.39, 0.29) is 0 Å². The molecule has 2 nitrogen and oxygen atoms in total. The summed E-state index contributed by atoms with van der Waals surface area (Å²) >= 11 is 0. The zero-order valence-corrected chi connectivity index (χ0v) is 15.5. The fourth-order valence-electron chi connectivity index (χ4n) is 4.25. The Labute approximate surface area is 134 Å². The van der Waals surface area contributed by atoms with Gasteiger partial charge < -0.3 is 10.2 Å². The first-order valence-electron chi connectivity index (χ1n) is 9.37. The van der Waals surface area contributed by atoms with E-state index >= 15 is 0 Å². The monoisotopic (exact) mass is 296 g/mol. The summed E-state index contributed by atoms with van der Waals surface area (Å²) < 4.78 is 0. The molecule has 0 aliphatic heterocycles. The van der Waals surface area contributed by atoms with Crippen LogP contribution in [0.15, 0.2) is 0 Å². The van der Waals surface area contributed by atoms with Crippen molar-refractivity contribution in [1.82, 2.24) is 10.2 Å². The summed E-state index contributed by atoms with van der Waals surface area (Å²) in [5, 5.41) is 3.91. The summed E-state index contributed by atoms with van der Waals surface area (Å²) in [4.78, 5) is 2.43. The zero-order valence-electron chi connectivity index (χ0n) is 15.5. The van der Waals surface area contributed by atoms with E-state index in [1.54, 1.807) is 0 Å². The van der Waals surface area contributed by atoms with E-state index in [0.717, 1.165) is 23.8 Å². The van der Waals surface area contributed by atoms with Crippen LogP contribution in [0, 0.1) is 17.8 Å². The number of nitrogens with zero attached hydrogens (tertiary/aromatic N) is 1. The third kappa shape index (κ3) is 6.69. The minimum atomic E-state index is 0.686. The minimum absolute atomic E-state index is 0.686. The molecule has 0 saturated heterocycles. The van der Waals surface area contributed by atoms with Gasteiger partial charge in [0.05, 0.1) is 0 Å². The van der Waals surface area contributed by atoms with Gasteiger partial charge in [0, 0.05) is 18.6 Å². The van der Waals surface area contributed by atoms with Gasteiger partial charge in [-0.15, -0.1) is 0 Å². The molecule has 0 radical (unpaired) electrons. The highest BCUT2D eigenvalue weighted by atomic mass is 15.1. The van der Waals surface area contributed by atoms with Gasteiger partial charge >= 0.3 is 0 Å². The maximum atomic E-state index is 3.91. The molecule has 3 atom stereocenters. The molecule has 3 unspecified atom stereocenters. The third-order valence-electron chi connectivity index (χ3n) is 5.46. The lowest BCUT2D eigenvalue weighted by atomic mass is 9.81. The van der Waals surface area contributed by atoms with Gasteiger partial charge in [0.15, 0.2) is 0 Å². The van der Waals surface area contributed by atoms with Crippen LogP contribution in [0.2, 0.25) is 0 Å². The SMILES string of the molecule is CCC(CC)C(CNC1CCCC(CC(C)C)C1)N(C)C. The zero-order chi connectivity index (χ0) is 15.8. The van der Waals surface area contributed by atoms with Crippen LogP contribution in [0.1, 0.15) is 72.6 Å². The van der Waals surface area contributed by atoms with Gasteiger partial charge in [-0.05, 0) is 51.1 Å². The van der Waals surface area contributed by atoms with Crippen molar-refractivity contribution in [3.63, 3.8) is 0 Å². The fraction of sp³-hybridized carbons (Fsp3) is 1.00. The number of hydrogen-bond donors (Lipinski definition) is 1. The number of hydrogen-bond acceptors (Lipinski definition) is 2. The molecule has 0 heterocycles. The second-order valence-corrected chi connectivity index (χ2v) is 7.87. The molecule has 1 rings (SSSR count). The van der Waals surface area contributed by atoms with Crippen LogP contribution in [0.4, 0.5) is 0 Å². The van der Waals surface area contributed by atoms with Crippen molar-refractivity contribution in [2.75, 3.05) is 20.6 Å². The summed E-state index contributed by atoms with van der Waals surface area (Å²) in [6.07, 6.45) is 9.68. The van der Waals surface area contributed by atoms with Crippen LogP contribution in [0.5, 0.6) is 0 Å². The maximum Gasteiger partial charge on any atom is 0.0242 e. The molecule has 1 fully saturated rings. The van der Waals surface area contributed by atoms with Crippen molar-refractivity contribution in [2.24, 2.45) is 17.8 Å². The number of rotatable bonds is 9. The third-order valence-corrected chi connectivity index (χ3v) is 5.46. The predicted octanol–water partition coefficient (Wildman–Crippen LogP) is 4.55. The van der Waals surface area contributed by atoms with Crippen molar-refractivity contribution in [1.29, 1.82) is 0 Å². The molecule has 0 spiro atoms. The summed E-state index contributed by atoms with van der Waals surface area (Å²) in [5.41, 5.74) is 0.